The average Bonchev–Trinajstić information content (AvgIpc) is 0.811. The molecule has 0 rings (SSSR count). The van der Waals surface area contributed by atoms with Crippen LogP contribution in [0.3, 0.4) is 0 Å². The second-order valence-electron chi connectivity index (χ2n) is 0.307. The van der Waals surface area contributed by atoms with Gasteiger partial charge < -0.3 is 20.5 Å². The monoisotopic (exact) mass is 162 g/mol. The van der Waals surface area contributed by atoms with Gasteiger partial charge in [0, 0.05) is 0 Å². The Kier molecular flexibility index (Phi) is 84.0. The van der Waals surface area contributed by atoms with E-state index >= 15 is 0 Å². The molecule has 0 aromatic rings. The molecule has 0 atom stereocenters. The molecule has 4 nitrogen and oxygen atoms in total. The van der Waals surface area contributed by atoms with Gasteiger partial charge in [0.1, 0.15) is 0 Å². The molecule has 0 heterocycles. The minimum Gasteiger partial charge on any atom is -0.871 e. The number of hydrogen-bond donors (Lipinski definition) is 1. The first-order valence-electron chi connectivity index (χ1n) is 0.730. The van der Waals surface area contributed by atoms with E-state index in [0.29, 0.717) is 0 Å². The molecule has 0 saturated heterocycles. The van der Waals surface area contributed by atoms with Gasteiger partial charge >= 0.3 is 110 Å². The zero-order valence-electron chi connectivity index (χ0n) is 5.29. The van der Waals surface area contributed by atoms with Crippen LogP contribution < -0.4 is 121 Å². The van der Waals surface area contributed by atoms with Gasteiger partial charge in [0.2, 0.25) is 0 Å². The summed E-state index contributed by atoms with van der Waals surface area (Å²) >= 11 is 0. The second kappa shape index (κ2) is 22.4. The summed E-state index contributed by atoms with van der Waals surface area (Å²) in [6.45, 7) is 0. The molecule has 0 saturated carbocycles. The molecule has 0 aliphatic heterocycles. The Morgan fingerprint density at radius 2 is 1.12 bits per heavy atom. The maximum atomic E-state index is 8.53. The smallest absolute Gasteiger partial charge is 0.871 e. The molecule has 0 amide bonds. The molecule has 8 heteroatoms. The van der Waals surface area contributed by atoms with Gasteiger partial charge in [-0.15, -0.1) is 0 Å². The van der Waals surface area contributed by atoms with Crippen LogP contribution in [0.15, 0.2) is 0 Å². The maximum absolute atomic E-state index is 8.53. The number of hydrogen-bond acceptors (Lipinski definition) is 4. The SMILES string of the molecule is [K+].[Na+].[Na+].[O-]B([O-])O.[OH-]. The van der Waals surface area contributed by atoms with Gasteiger partial charge in [-0.2, -0.15) is 0 Å². The fourth-order valence-corrected chi connectivity index (χ4v) is 0. The van der Waals surface area contributed by atoms with E-state index in [2.05, 4.69) is 0 Å². The Bertz CT molecular complexity index is 18.8. The third kappa shape index (κ3) is 55.5. The third-order valence-electron chi connectivity index (χ3n) is 0. The fourth-order valence-electron chi connectivity index (χ4n) is 0. The first-order valence-corrected chi connectivity index (χ1v) is 0.730. The number of rotatable bonds is 0. The molecule has 0 fully saturated rings. The van der Waals surface area contributed by atoms with E-state index in [1.54, 1.807) is 0 Å². The molecule has 0 aliphatic rings. The summed E-state index contributed by atoms with van der Waals surface area (Å²) in [5.41, 5.74) is 0. The molecule has 0 unspecified atom stereocenters. The van der Waals surface area contributed by atoms with Gasteiger partial charge in [-0.25, -0.2) is 0 Å². The minimum absolute atomic E-state index is 0. The Morgan fingerprint density at radius 3 is 1.12 bits per heavy atom. The van der Waals surface area contributed by atoms with Crippen LogP contribution in [-0.4, -0.2) is 17.8 Å². The van der Waals surface area contributed by atoms with Crippen molar-refractivity contribution in [2.24, 2.45) is 0 Å². The second-order valence-corrected chi connectivity index (χ2v) is 0.307. The molecule has 0 aliphatic carbocycles. The van der Waals surface area contributed by atoms with Crippen molar-refractivity contribution in [3.8, 4) is 0 Å². The minimum atomic E-state index is -2.67. The van der Waals surface area contributed by atoms with E-state index in [-0.39, 0.29) is 116 Å². The summed E-state index contributed by atoms with van der Waals surface area (Å²) in [5, 5.41) is 24.0. The van der Waals surface area contributed by atoms with Crippen LogP contribution >= 0.6 is 0 Å². The fraction of sp³-hybridized carbons (Fsp3) is 0. The maximum Gasteiger partial charge on any atom is 1.00 e. The topological polar surface area (TPSA) is 96.3 Å². The first kappa shape index (κ1) is 30.0. The largest absolute Gasteiger partial charge is 1.00 e. The van der Waals surface area contributed by atoms with E-state index in [1.165, 1.54) is 0 Å². The van der Waals surface area contributed by atoms with Crippen molar-refractivity contribution in [3.05, 3.63) is 0 Å². The van der Waals surface area contributed by atoms with Crippen LogP contribution in [0.25, 0.3) is 0 Å². The molecule has 0 aromatic heterocycles. The standard InChI is InChI=1S/BHO3.K.2Na.H2O/c2-1(3)4;;;;/h2H;;;;1H2/q-2;3*+1;/p-1. The Hall–Kier alpha value is 3.54. The molecular weight excluding hydrogens is 160 g/mol. The van der Waals surface area contributed by atoms with Crippen molar-refractivity contribution < 1.29 is 131 Å². The summed E-state index contributed by atoms with van der Waals surface area (Å²) in [6.07, 6.45) is 0. The van der Waals surface area contributed by atoms with Crippen LogP contribution in [0.1, 0.15) is 0 Å². The van der Waals surface area contributed by atoms with Crippen LogP contribution in [0.5, 0.6) is 0 Å². The van der Waals surface area contributed by atoms with E-state index in [1.807, 2.05) is 0 Å². The van der Waals surface area contributed by atoms with Crippen molar-refractivity contribution in [1.29, 1.82) is 0 Å². The van der Waals surface area contributed by atoms with Crippen LogP contribution in [0.2, 0.25) is 0 Å². The molecular formula is H2BKNa2O4. The molecule has 0 spiro atoms. The Balaban J connectivity index is -0.00000000750. The summed E-state index contributed by atoms with van der Waals surface area (Å²) in [7, 11) is -2.67. The molecule has 0 radical (unpaired) electrons. The van der Waals surface area contributed by atoms with Crippen molar-refractivity contribution in [3.63, 3.8) is 0 Å². The summed E-state index contributed by atoms with van der Waals surface area (Å²) < 4.78 is 0. The van der Waals surface area contributed by atoms with Gasteiger partial charge in [0.05, 0.1) is 7.32 Å². The van der Waals surface area contributed by atoms with E-state index in [9.17, 15) is 0 Å². The summed E-state index contributed by atoms with van der Waals surface area (Å²) in [4.78, 5) is 0. The van der Waals surface area contributed by atoms with Crippen LogP contribution in [-0.2, 0) is 0 Å². The zero-order valence-corrected chi connectivity index (χ0v) is 12.4. The normalized spacial score (nSPS) is 3.38. The van der Waals surface area contributed by atoms with E-state index in [0.717, 1.165) is 0 Å². The van der Waals surface area contributed by atoms with Crippen LogP contribution in [0.4, 0.5) is 0 Å². The van der Waals surface area contributed by atoms with Crippen molar-refractivity contribution in [2.45, 2.75) is 0 Å². The molecule has 8 heavy (non-hydrogen) atoms. The Morgan fingerprint density at radius 1 is 1.12 bits per heavy atom. The molecule has 0 bridgehead atoms. The van der Waals surface area contributed by atoms with Gasteiger partial charge in [0.25, 0.3) is 0 Å². The van der Waals surface area contributed by atoms with Crippen molar-refractivity contribution in [1.82, 2.24) is 0 Å². The quantitative estimate of drug-likeness (QED) is 0.357. The molecule has 32 valence electrons. The van der Waals surface area contributed by atoms with Crippen molar-refractivity contribution in [2.75, 3.05) is 0 Å². The van der Waals surface area contributed by atoms with E-state index < -0.39 is 7.32 Å². The molecule has 2 N–H and O–H groups in total. The van der Waals surface area contributed by atoms with Gasteiger partial charge in [-0.3, -0.25) is 0 Å². The van der Waals surface area contributed by atoms with E-state index in [4.69, 9.17) is 15.1 Å². The molecule has 0 aromatic carbocycles. The van der Waals surface area contributed by atoms with Crippen molar-refractivity contribution >= 4 is 7.32 Å². The zero-order chi connectivity index (χ0) is 3.58. The predicted octanol–water partition coefficient (Wildman–Crippen LogP) is -12.5. The van der Waals surface area contributed by atoms with Gasteiger partial charge in [-0.05, 0) is 0 Å². The Labute approximate surface area is 135 Å². The average molecular weight is 162 g/mol. The van der Waals surface area contributed by atoms with Crippen LogP contribution in [0, 0.1) is 0 Å². The first-order chi connectivity index (χ1) is 1.73. The van der Waals surface area contributed by atoms with Gasteiger partial charge in [0.15, 0.2) is 0 Å². The van der Waals surface area contributed by atoms with Gasteiger partial charge in [-0.1, -0.05) is 0 Å². The third-order valence-corrected chi connectivity index (χ3v) is 0. The summed E-state index contributed by atoms with van der Waals surface area (Å²) in [6, 6.07) is 0. The summed E-state index contributed by atoms with van der Waals surface area (Å²) in [5.74, 6) is 0. The predicted molar refractivity (Wildman–Crippen MR) is 9.91 cm³/mol.